The average Bonchev–Trinajstić information content (AvgIpc) is 3.16. The molecule has 0 aliphatic heterocycles. The average molecular weight is 422 g/mol. The summed E-state index contributed by atoms with van der Waals surface area (Å²) in [5, 5.41) is 4.17. The molecule has 0 unspecified atom stereocenters. The number of hydrogen-bond acceptors (Lipinski definition) is 3. The van der Waals surface area contributed by atoms with Gasteiger partial charge in [-0.2, -0.15) is 0 Å². The number of hydrogen-bond donors (Lipinski definition) is 1. The Bertz CT molecular complexity index is 817. The molecular formula is C22H25Cl2NO3. The summed E-state index contributed by atoms with van der Waals surface area (Å²) in [6.45, 7) is 2.38. The first-order valence-corrected chi connectivity index (χ1v) is 10.2. The SMILES string of the molecule is COC[C@H](C)Oc1ccc(NC(=O)C2(c3ccc(Cl)cc3)CCCC2)cc1Cl. The number of carbonyl (C=O) groups is 1. The van der Waals surface area contributed by atoms with Crippen LogP contribution in [0.25, 0.3) is 0 Å². The molecule has 0 bridgehead atoms. The topological polar surface area (TPSA) is 47.6 Å². The molecule has 0 spiro atoms. The van der Waals surface area contributed by atoms with Crippen molar-refractivity contribution in [2.24, 2.45) is 0 Å². The highest BCUT2D eigenvalue weighted by atomic mass is 35.5. The van der Waals surface area contributed by atoms with Crippen molar-refractivity contribution in [1.29, 1.82) is 0 Å². The van der Waals surface area contributed by atoms with Gasteiger partial charge in [-0.3, -0.25) is 4.79 Å². The van der Waals surface area contributed by atoms with Crippen molar-refractivity contribution in [1.82, 2.24) is 0 Å². The molecule has 1 atom stereocenters. The fraction of sp³-hybridized carbons (Fsp3) is 0.409. The summed E-state index contributed by atoms with van der Waals surface area (Å²) >= 11 is 12.4. The Labute approximate surface area is 176 Å². The van der Waals surface area contributed by atoms with Crippen molar-refractivity contribution >= 4 is 34.8 Å². The van der Waals surface area contributed by atoms with Crippen LogP contribution in [0, 0.1) is 0 Å². The van der Waals surface area contributed by atoms with Gasteiger partial charge in [0.15, 0.2) is 0 Å². The van der Waals surface area contributed by atoms with E-state index in [1.54, 1.807) is 19.2 Å². The standard InChI is InChI=1S/C22H25Cl2NO3/c1-15(14-27-2)28-20-10-9-18(13-19(20)24)25-21(26)22(11-3-4-12-22)16-5-7-17(23)8-6-16/h5-10,13,15H,3-4,11-12,14H2,1-2H3,(H,25,26)/t15-/m0/s1. The van der Waals surface area contributed by atoms with Crippen molar-refractivity contribution in [3.8, 4) is 5.75 Å². The fourth-order valence-electron chi connectivity index (χ4n) is 3.80. The number of amides is 1. The van der Waals surface area contributed by atoms with Crippen LogP contribution in [0.3, 0.4) is 0 Å². The lowest BCUT2D eigenvalue weighted by atomic mass is 9.78. The highest BCUT2D eigenvalue weighted by Crippen LogP contribution is 2.42. The van der Waals surface area contributed by atoms with Gasteiger partial charge in [-0.1, -0.05) is 48.2 Å². The molecule has 150 valence electrons. The Balaban J connectivity index is 1.77. The molecule has 1 aliphatic carbocycles. The van der Waals surface area contributed by atoms with Crippen LogP contribution < -0.4 is 10.1 Å². The van der Waals surface area contributed by atoms with Gasteiger partial charge >= 0.3 is 0 Å². The molecule has 1 amide bonds. The van der Waals surface area contributed by atoms with Crippen molar-refractivity contribution in [3.05, 3.63) is 58.1 Å². The van der Waals surface area contributed by atoms with E-state index in [1.807, 2.05) is 37.3 Å². The lowest BCUT2D eigenvalue weighted by Gasteiger charge is -2.28. The summed E-state index contributed by atoms with van der Waals surface area (Å²) in [5.41, 5.74) is 1.13. The molecule has 2 aromatic carbocycles. The Morgan fingerprint density at radius 1 is 1.14 bits per heavy atom. The number of halogens is 2. The van der Waals surface area contributed by atoms with Crippen LogP contribution in [0.2, 0.25) is 10.0 Å². The van der Waals surface area contributed by atoms with E-state index in [9.17, 15) is 4.79 Å². The van der Waals surface area contributed by atoms with Gasteiger partial charge in [0.05, 0.1) is 17.0 Å². The highest BCUT2D eigenvalue weighted by molar-refractivity contribution is 6.32. The van der Waals surface area contributed by atoms with E-state index >= 15 is 0 Å². The zero-order valence-corrected chi connectivity index (χ0v) is 17.6. The number of ether oxygens (including phenoxy) is 2. The number of benzene rings is 2. The van der Waals surface area contributed by atoms with Crippen LogP contribution in [-0.2, 0) is 14.9 Å². The van der Waals surface area contributed by atoms with Gasteiger partial charge in [0.2, 0.25) is 5.91 Å². The minimum Gasteiger partial charge on any atom is -0.487 e. The molecule has 4 nitrogen and oxygen atoms in total. The van der Waals surface area contributed by atoms with E-state index in [4.69, 9.17) is 32.7 Å². The van der Waals surface area contributed by atoms with Crippen molar-refractivity contribution in [2.45, 2.75) is 44.1 Å². The quantitative estimate of drug-likeness (QED) is 0.608. The van der Waals surface area contributed by atoms with E-state index < -0.39 is 5.41 Å². The number of methoxy groups -OCH3 is 1. The lowest BCUT2D eigenvalue weighted by Crippen LogP contribution is -2.38. The number of carbonyl (C=O) groups excluding carboxylic acids is 1. The molecule has 0 aromatic heterocycles. The third-order valence-electron chi connectivity index (χ3n) is 5.21. The van der Waals surface area contributed by atoms with Crippen LogP contribution in [-0.4, -0.2) is 25.7 Å². The molecule has 1 aliphatic rings. The maximum Gasteiger partial charge on any atom is 0.235 e. The van der Waals surface area contributed by atoms with Gasteiger partial charge in [0.25, 0.3) is 0 Å². The van der Waals surface area contributed by atoms with Gasteiger partial charge in [-0.25, -0.2) is 0 Å². The molecule has 0 saturated heterocycles. The minimum absolute atomic E-state index is 0.00944. The van der Waals surface area contributed by atoms with E-state index in [0.717, 1.165) is 31.2 Å². The second kappa shape index (κ2) is 9.17. The first kappa shape index (κ1) is 21.0. The van der Waals surface area contributed by atoms with E-state index in [0.29, 0.717) is 28.1 Å². The second-order valence-corrected chi connectivity index (χ2v) is 8.12. The largest absolute Gasteiger partial charge is 0.487 e. The zero-order valence-electron chi connectivity index (χ0n) is 16.1. The fourth-order valence-corrected chi connectivity index (χ4v) is 4.16. The number of anilines is 1. The van der Waals surface area contributed by atoms with Gasteiger partial charge < -0.3 is 14.8 Å². The van der Waals surface area contributed by atoms with Crippen LogP contribution in [0.15, 0.2) is 42.5 Å². The molecule has 28 heavy (non-hydrogen) atoms. The van der Waals surface area contributed by atoms with Crippen LogP contribution in [0.5, 0.6) is 5.75 Å². The molecule has 1 N–H and O–H groups in total. The molecule has 1 fully saturated rings. The van der Waals surface area contributed by atoms with Crippen molar-refractivity contribution < 1.29 is 14.3 Å². The molecule has 3 rings (SSSR count). The maximum atomic E-state index is 13.2. The summed E-state index contributed by atoms with van der Waals surface area (Å²) in [6.07, 6.45) is 3.59. The molecule has 2 aromatic rings. The highest BCUT2D eigenvalue weighted by Gasteiger charge is 2.42. The Hall–Kier alpha value is -1.75. The predicted molar refractivity (Wildman–Crippen MR) is 114 cm³/mol. The van der Waals surface area contributed by atoms with Gasteiger partial charge in [0.1, 0.15) is 11.9 Å². The Kier molecular flexibility index (Phi) is 6.86. The predicted octanol–water partition coefficient (Wildman–Crippen LogP) is 5.86. The summed E-state index contributed by atoms with van der Waals surface area (Å²) in [5.74, 6) is 0.558. The van der Waals surface area contributed by atoms with Crippen molar-refractivity contribution in [3.63, 3.8) is 0 Å². The van der Waals surface area contributed by atoms with E-state index in [-0.39, 0.29) is 12.0 Å². The lowest BCUT2D eigenvalue weighted by molar-refractivity contribution is -0.121. The van der Waals surface area contributed by atoms with Crippen LogP contribution in [0.4, 0.5) is 5.69 Å². The maximum absolute atomic E-state index is 13.2. The van der Waals surface area contributed by atoms with Crippen molar-refractivity contribution in [2.75, 3.05) is 19.0 Å². The second-order valence-electron chi connectivity index (χ2n) is 7.28. The summed E-state index contributed by atoms with van der Waals surface area (Å²) < 4.78 is 10.8. The Morgan fingerprint density at radius 3 is 2.43 bits per heavy atom. The monoisotopic (exact) mass is 421 g/mol. The van der Waals surface area contributed by atoms with Gasteiger partial charge in [-0.05, 0) is 55.7 Å². The molecule has 1 saturated carbocycles. The number of rotatable bonds is 7. The Morgan fingerprint density at radius 2 is 1.82 bits per heavy atom. The smallest absolute Gasteiger partial charge is 0.235 e. The number of nitrogens with one attached hydrogen (secondary N) is 1. The first-order valence-electron chi connectivity index (χ1n) is 9.47. The third-order valence-corrected chi connectivity index (χ3v) is 5.76. The molecule has 6 heteroatoms. The molecule has 0 radical (unpaired) electrons. The molecular weight excluding hydrogens is 397 g/mol. The van der Waals surface area contributed by atoms with Crippen LogP contribution in [0.1, 0.15) is 38.2 Å². The van der Waals surface area contributed by atoms with E-state index in [1.165, 1.54) is 0 Å². The van der Waals surface area contributed by atoms with Gasteiger partial charge in [0, 0.05) is 17.8 Å². The van der Waals surface area contributed by atoms with Crippen LogP contribution >= 0.6 is 23.2 Å². The first-order chi connectivity index (χ1) is 13.4. The molecule has 0 heterocycles. The van der Waals surface area contributed by atoms with E-state index in [2.05, 4.69) is 5.32 Å². The third kappa shape index (κ3) is 4.62. The summed E-state index contributed by atoms with van der Waals surface area (Å²) in [6, 6.07) is 12.9. The summed E-state index contributed by atoms with van der Waals surface area (Å²) in [7, 11) is 1.62. The summed E-state index contributed by atoms with van der Waals surface area (Å²) in [4.78, 5) is 13.2. The zero-order chi connectivity index (χ0) is 20.1. The normalized spacial score (nSPS) is 16.6. The van der Waals surface area contributed by atoms with Gasteiger partial charge in [-0.15, -0.1) is 0 Å². The minimum atomic E-state index is -0.529.